The molecule has 8 heteroatoms. The normalized spacial score (nSPS) is 18.6. The van der Waals surface area contributed by atoms with Gasteiger partial charge in [-0.25, -0.2) is 9.37 Å². The molecule has 3 rings (SSSR count). The van der Waals surface area contributed by atoms with Crippen LogP contribution in [0.25, 0.3) is 0 Å². The minimum absolute atomic E-state index is 0.0102. The van der Waals surface area contributed by atoms with Gasteiger partial charge in [-0.05, 0) is 55.7 Å². The summed E-state index contributed by atoms with van der Waals surface area (Å²) in [6.45, 7) is 2.62. The van der Waals surface area contributed by atoms with Crippen molar-refractivity contribution in [1.82, 2.24) is 14.0 Å². The average molecular weight is 379 g/mol. The van der Waals surface area contributed by atoms with Gasteiger partial charge >= 0.3 is 0 Å². The quantitative estimate of drug-likeness (QED) is 0.837. The third kappa shape index (κ3) is 4.78. The lowest BCUT2D eigenvalue weighted by Crippen LogP contribution is -2.47. The van der Waals surface area contributed by atoms with E-state index in [1.54, 1.807) is 18.3 Å². The average Bonchev–Trinajstić information content (AvgIpc) is 2.63. The van der Waals surface area contributed by atoms with E-state index in [4.69, 9.17) is 4.74 Å². The second-order valence-corrected chi connectivity index (χ2v) is 8.05. The van der Waals surface area contributed by atoms with Gasteiger partial charge in [0.1, 0.15) is 11.6 Å². The number of halogens is 1. The molecule has 1 aromatic carbocycles. The maximum absolute atomic E-state index is 12.9. The summed E-state index contributed by atoms with van der Waals surface area (Å²) in [5.41, 5.74) is 0.727. The SMILES string of the molecule is CC1CCCCN1S(=O)(=O)NCc1ccnc(Oc2ccc(F)cc2)c1. The Morgan fingerprint density at radius 3 is 2.77 bits per heavy atom. The van der Waals surface area contributed by atoms with Gasteiger partial charge in [-0.15, -0.1) is 0 Å². The number of nitrogens with zero attached hydrogens (tertiary/aromatic N) is 2. The van der Waals surface area contributed by atoms with Crippen LogP contribution in [0.5, 0.6) is 11.6 Å². The van der Waals surface area contributed by atoms with Gasteiger partial charge in [-0.2, -0.15) is 17.4 Å². The van der Waals surface area contributed by atoms with Gasteiger partial charge in [0.25, 0.3) is 10.2 Å². The fourth-order valence-corrected chi connectivity index (χ4v) is 4.39. The van der Waals surface area contributed by atoms with Crippen LogP contribution < -0.4 is 9.46 Å². The molecule has 0 amide bonds. The number of pyridine rings is 1. The number of rotatable bonds is 6. The highest BCUT2D eigenvalue weighted by atomic mass is 32.2. The molecule has 1 aliphatic rings. The molecular formula is C18H22FN3O3S. The number of aromatic nitrogens is 1. The van der Waals surface area contributed by atoms with E-state index in [9.17, 15) is 12.8 Å². The van der Waals surface area contributed by atoms with Gasteiger partial charge in [-0.1, -0.05) is 6.42 Å². The van der Waals surface area contributed by atoms with E-state index in [0.717, 1.165) is 24.8 Å². The summed E-state index contributed by atoms with van der Waals surface area (Å²) in [5, 5.41) is 0. The predicted octanol–water partition coefficient (Wildman–Crippen LogP) is 3.22. The van der Waals surface area contributed by atoms with E-state index in [0.29, 0.717) is 18.2 Å². The highest BCUT2D eigenvalue weighted by Gasteiger charge is 2.29. The molecule has 1 aliphatic heterocycles. The van der Waals surface area contributed by atoms with Crippen LogP contribution in [0.4, 0.5) is 4.39 Å². The lowest BCUT2D eigenvalue weighted by Gasteiger charge is -2.32. The van der Waals surface area contributed by atoms with Crippen molar-refractivity contribution in [2.75, 3.05) is 6.54 Å². The summed E-state index contributed by atoms with van der Waals surface area (Å²) >= 11 is 0. The zero-order valence-corrected chi connectivity index (χ0v) is 15.4. The van der Waals surface area contributed by atoms with Gasteiger partial charge in [0.15, 0.2) is 0 Å². The van der Waals surface area contributed by atoms with Crippen LogP contribution in [0.1, 0.15) is 31.7 Å². The number of hydrogen-bond donors (Lipinski definition) is 1. The first-order valence-corrected chi connectivity index (χ1v) is 10.0. The first-order valence-electron chi connectivity index (χ1n) is 8.59. The fraction of sp³-hybridized carbons (Fsp3) is 0.389. The van der Waals surface area contributed by atoms with Gasteiger partial charge in [-0.3, -0.25) is 0 Å². The van der Waals surface area contributed by atoms with Crippen molar-refractivity contribution in [3.8, 4) is 11.6 Å². The first kappa shape index (κ1) is 18.8. The second kappa shape index (κ2) is 8.11. The minimum atomic E-state index is -3.53. The highest BCUT2D eigenvalue weighted by Crippen LogP contribution is 2.21. The standard InChI is InChI=1S/C18H22FN3O3S/c1-14-4-2-3-11-22(14)26(23,24)21-13-15-9-10-20-18(12-15)25-17-7-5-16(19)6-8-17/h5-10,12,14,21H,2-4,11,13H2,1H3. The lowest BCUT2D eigenvalue weighted by molar-refractivity contribution is 0.265. The maximum atomic E-state index is 12.9. The fourth-order valence-electron chi connectivity index (χ4n) is 2.93. The summed E-state index contributed by atoms with van der Waals surface area (Å²) < 4.78 is 47.7. The van der Waals surface area contributed by atoms with E-state index >= 15 is 0 Å². The van der Waals surface area contributed by atoms with Crippen molar-refractivity contribution >= 4 is 10.2 Å². The number of benzene rings is 1. The molecule has 140 valence electrons. The molecule has 1 atom stereocenters. The molecule has 2 heterocycles. The van der Waals surface area contributed by atoms with Crippen molar-refractivity contribution in [2.45, 2.75) is 38.8 Å². The Balaban J connectivity index is 1.64. The van der Waals surface area contributed by atoms with Crippen molar-refractivity contribution in [1.29, 1.82) is 0 Å². The Bertz CT molecular complexity index is 843. The molecule has 0 radical (unpaired) electrons. The van der Waals surface area contributed by atoms with Crippen LogP contribution in [-0.4, -0.2) is 30.3 Å². The molecule has 1 unspecified atom stereocenters. The van der Waals surface area contributed by atoms with Crippen molar-refractivity contribution in [3.05, 3.63) is 54.0 Å². The summed E-state index contributed by atoms with van der Waals surface area (Å²) in [4.78, 5) is 4.10. The Morgan fingerprint density at radius 1 is 1.27 bits per heavy atom. The molecular weight excluding hydrogens is 357 g/mol. The second-order valence-electron chi connectivity index (χ2n) is 6.34. The van der Waals surface area contributed by atoms with E-state index < -0.39 is 10.2 Å². The third-order valence-corrected chi connectivity index (χ3v) is 6.01. The zero-order chi connectivity index (χ0) is 18.6. The zero-order valence-electron chi connectivity index (χ0n) is 14.6. The molecule has 1 fully saturated rings. The van der Waals surface area contributed by atoms with E-state index in [2.05, 4.69) is 9.71 Å². The van der Waals surface area contributed by atoms with Gasteiger partial charge < -0.3 is 4.74 Å². The van der Waals surface area contributed by atoms with E-state index in [1.165, 1.54) is 28.6 Å². The topological polar surface area (TPSA) is 71.5 Å². The van der Waals surface area contributed by atoms with Crippen LogP contribution in [-0.2, 0) is 16.8 Å². The minimum Gasteiger partial charge on any atom is -0.439 e. The maximum Gasteiger partial charge on any atom is 0.279 e. The van der Waals surface area contributed by atoms with Crippen LogP contribution in [0.2, 0.25) is 0 Å². The summed E-state index contributed by atoms with van der Waals surface area (Å²) in [7, 11) is -3.53. The Morgan fingerprint density at radius 2 is 2.04 bits per heavy atom. The Hall–Kier alpha value is -2.03. The van der Waals surface area contributed by atoms with Crippen LogP contribution in [0, 0.1) is 5.82 Å². The number of hydrogen-bond acceptors (Lipinski definition) is 4. The Kier molecular flexibility index (Phi) is 5.85. The Labute approximate surface area is 153 Å². The van der Waals surface area contributed by atoms with Gasteiger partial charge in [0.05, 0.1) is 0 Å². The van der Waals surface area contributed by atoms with Crippen LogP contribution >= 0.6 is 0 Å². The van der Waals surface area contributed by atoms with Crippen molar-refractivity contribution in [3.63, 3.8) is 0 Å². The van der Waals surface area contributed by atoms with Crippen molar-refractivity contribution < 1.29 is 17.5 Å². The molecule has 0 aliphatic carbocycles. The first-order chi connectivity index (χ1) is 12.4. The van der Waals surface area contributed by atoms with Crippen molar-refractivity contribution in [2.24, 2.45) is 0 Å². The highest BCUT2D eigenvalue weighted by molar-refractivity contribution is 7.87. The predicted molar refractivity (Wildman–Crippen MR) is 96.5 cm³/mol. The largest absolute Gasteiger partial charge is 0.439 e. The summed E-state index contributed by atoms with van der Waals surface area (Å²) in [6, 6.07) is 9.00. The molecule has 0 spiro atoms. The molecule has 1 aromatic heterocycles. The molecule has 0 bridgehead atoms. The van der Waals surface area contributed by atoms with Gasteiger partial charge in [0.2, 0.25) is 5.88 Å². The molecule has 0 saturated carbocycles. The number of ether oxygens (including phenoxy) is 1. The van der Waals surface area contributed by atoms with Gasteiger partial charge in [0, 0.05) is 31.4 Å². The smallest absolute Gasteiger partial charge is 0.279 e. The lowest BCUT2D eigenvalue weighted by atomic mass is 10.1. The van der Waals surface area contributed by atoms with E-state index in [-0.39, 0.29) is 18.4 Å². The number of piperidine rings is 1. The molecule has 6 nitrogen and oxygen atoms in total. The third-order valence-electron chi connectivity index (χ3n) is 4.34. The van der Waals surface area contributed by atoms with E-state index in [1.807, 2.05) is 6.92 Å². The molecule has 1 saturated heterocycles. The van der Waals surface area contributed by atoms with Crippen LogP contribution in [0.15, 0.2) is 42.6 Å². The van der Waals surface area contributed by atoms with Crippen LogP contribution in [0.3, 0.4) is 0 Å². The summed E-state index contributed by atoms with van der Waals surface area (Å²) in [6.07, 6.45) is 4.37. The molecule has 26 heavy (non-hydrogen) atoms. The number of nitrogens with one attached hydrogen (secondary N) is 1. The molecule has 2 aromatic rings. The monoisotopic (exact) mass is 379 g/mol. The summed E-state index contributed by atoms with van der Waals surface area (Å²) in [5.74, 6) is 0.429. The molecule has 1 N–H and O–H groups in total.